The van der Waals surface area contributed by atoms with Gasteiger partial charge in [0.05, 0.1) is 17.4 Å². The summed E-state index contributed by atoms with van der Waals surface area (Å²) in [5, 5.41) is 2.97. The molecule has 0 aromatic heterocycles. The molecule has 1 amide bonds. The summed E-state index contributed by atoms with van der Waals surface area (Å²) in [6, 6.07) is 13.4. The zero-order valence-electron chi connectivity index (χ0n) is 12.9. The van der Waals surface area contributed by atoms with Gasteiger partial charge >= 0.3 is 0 Å². The second-order valence-corrected chi connectivity index (χ2v) is 8.35. The van der Waals surface area contributed by atoms with Crippen LogP contribution < -0.4 is 5.32 Å². The first kappa shape index (κ1) is 18.0. The molecule has 2 aromatic carbocycles. The van der Waals surface area contributed by atoms with Gasteiger partial charge in [0.25, 0.3) is 5.91 Å². The van der Waals surface area contributed by atoms with Crippen LogP contribution in [0.15, 0.2) is 56.3 Å². The number of hydrogen-bond acceptors (Lipinski definition) is 3. The van der Waals surface area contributed by atoms with Crippen molar-refractivity contribution in [3.05, 3.63) is 57.0 Å². The van der Waals surface area contributed by atoms with Crippen molar-refractivity contribution in [2.45, 2.75) is 23.8 Å². The van der Waals surface area contributed by atoms with Crippen molar-refractivity contribution in [2.75, 3.05) is 17.7 Å². The number of anilines is 1. The lowest BCUT2D eigenvalue weighted by molar-refractivity contribution is 0.102. The molecule has 1 heterocycles. The summed E-state index contributed by atoms with van der Waals surface area (Å²) in [4.78, 5) is 13.7. The van der Waals surface area contributed by atoms with E-state index in [0.29, 0.717) is 11.7 Å². The van der Waals surface area contributed by atoms with Gasteiger partial charge in [-0.3, -0.25) is 4.79 Å². The summed E-state index contributed by atoms with van der Waals surface area (Å²) < 4.78 is 7.47. The summed E-state index contributed by atoms with van der Waals surface area (Å²) in [5.41, 5.74) is 1.44. The van der Waals surface area contributed by atoms with E-state index in [-0.39, 0.29) is 5.91 Å². The number of hydrogen-bond donors (Lipinski definition) is 1. The zero-order valence-corrected chi connectivity index (χ0v) is 16.9. The number of rotatable bonds is 5. The Morgan fingerprint density at radius 3 is 2.83 bits per heavy atom. The third-order valence-corrected chi connectivity index (χ3v) is 6.11. The summed E-state index contributed by atoms with van der Waals surface area (Å²) in [7, 11) is 0. The molecule has 1 N–H and O–H groups in total. The highest BCUT2D eigenvalue weighted by molar-refractivity contribution is 9.11. The summed E-state index contributed by atoms with van der Waals surface area (Å²) in [5.74, 6) is 0.778. The maximum atomic E-state index is 12.7. The van der Waals surface area contributed by atoms with Gasteiger partial charge in [-0.1, -0.05) is 28.1 Å². The van der Waals surface area contributed by atoms with Gasteiger partial charge in [-0.05, 0) is 59.1 Å². The number of halogens is 2. The molecule has 2 aromatic rings. The molecule has 3 nitrogen and oxygen atoms in total. The van der Waals surface area contributed by atoms with Gasteiger partial charge < -0.3 is 10.1 Å². The fourth-order valence-corrected chi connectivity index (χ4v) is 4.78. The standard InChI is InChI=1S/C18H17Br2NO2S/c19-12-7-8-16(15(20)10-12)21-18(22)14-5-1-2-6-17(14)24-11-13-4-3-9-23-13/h1-2,5-8,10,13H,3-4,9,11H2,(H,21,22). The number of carbonyl (C=O) groups excluding carboxylic acids is 1. The SMILES string of the molecule is O=C(Nc1ccc(Br)cc1Br)c1ccccc1SCC1CCCO1. The van der Waals surface area contributed by atoms with Crippen molar-refractivity contribution in [2.24, 2.45) is 0 Å². The average molecular weight is 471 g/mol. The number of carbonyl (C=O) groups is 1. The van der Waals surface area contributed by atoms with Gasteiger partial charge in [0.1, 0.15) is 0 Å². The van der Waals surface area contributed by atoms with Gasteiger partial charge in [0.2, 0.25) is 0 Å². The number of ether oxygens (including phenoxy) is 1. The van der Waals surface area contributed by atoms with Gasteiger partial charge in [-0.2, -0.15) is 0 Å². The van der Waals surface area contributed by atoms with Crippen LogP contribution in [-0.2, 0) is 4.74 Å². The molecule has 1 unspecified atom stereocenters. The molecule has 3 rings (SSSR count). The second kappa shape index (κ2) is 8.52. The molecule has 6 heteroatoms. The lowest BCUT2D eigenvalue weighted by Crippen LogP contribution is -2.14. The zero-order chi connectivity index (χ0) is 16.9. The maximum Gasteiger partial charge on any atom is 0.256 e. The quantitative estimate of drug-likeness (QED) is 0.566. The number of benzene rings is 2. The van der Waals surface area contributed by atoms with Crippen LogP contribution in [0.4, 0.5) is 5.69 Å². The predicted molar refractivity (Wildman–Crippen MR) is 106 cm³/mol. The summed E-state index contributed by atoms with van der Waals surface area (Å²) in [6.07, 6.45) is 2.53. The van der Waals surface area contributed by atoms with Crippen molar-refractivity contribution in [1.82, 2.24) is 0 Å². The molecular formula is C18H17Br2NO2S. The molecule has 1 aliphatic rings. The maximum absolute atomic E-state index is 12.7. The van der Waals surface area contributed by atoms with Crippen LogP contribution in [0.25, 0.3) is 0 Å². The predicted octanol–water partition coefficient (Wildman–Crippen LogP) is 5.74. The Balaban J connectivity index is 1.72. The van der Waals surface area contributed by atoms with E-state index < -0.39 is 0 Å². The highest BCUT2D eigenvalue weighted by Crippen LogP contribution is 2.29. The van der Waals surface area contributed by atoms with Crippen molar-refractivity contribution >= 4 is 55.2 Å². The first-order valence-electron chi connectivity index (χ1n) is 7.73. The monoisotopic (exact) mass is 469 g/mol. The molecule has 1 atom stereocenters. The Labute approximate surface area is 162 Å². The Morgan fingerprint density at radius 1 is 1.25 bits per heavy atom. The fourth-order valence-electron chi connectivity index (χ4n) is 2.52. The van der Waals surface area contributed by atoms with Gasteiger partial charge in [0.15, 0.2) is 0 Å². The van der Waals surface area contributed by atoms with Crippen LogP contribution in [-0.4, -0.2) is 24.4 Å². The normalized spacial score (nSPS) is 17.0. The minimum atomic E-state index is -0.103. The molecule has 1 aliphatic heterocycles. The molecule has 24 heavy (non-hydrogen) atoms. The highest BCUT2D eigenvalue weighted by atomic mass is 79.9. The number of thioether (sulfide) groups is 1. The smallest absolute Gasteiger partial charge is 0.256 e. The van der Waals surface area contributed by atoms with Crippen molar-refractivity contribution in [3.63, 3.8) is 0 Å². The van der Waals surface area contributed by atoms with Crippen LogP contribution in [0, 0.1) is 0 Å². The largest absolute Gasteiger partial charge is 0.377 e. The van der Waals surface area contributed by atoms with E-state index in [1.165, 1.54) is 0 Å². The Morgan fingerprint density at radius 2 is 2.08 bits per heavy atom. The molecule has 0 bridgehead atoms. The molecule has 126 valence electrons. The lowest BCUT2D eigenvalue weighted by Gasteiger charge is -2.13. The summed E-state index contributed by atoms with van der Waals surface area (Å²) in [6.45, 7) is 0.852. The van der Waals surface area contributed by atoms with Crippen LogP contribution in [0.5, 0.6) is 0 Å². The Hall–Kier alpha value is -0.820. The van der Waals surface area contributed by atoms with E-state index in [9.17, 15) is 4.79 Å². The van der Waals surface area contributed by atoms with Crippen molar-refractivity contribution in [1.29, 1.82) is 0 Å². The second-order valence-electron chi connectivity index (χ2n) is 5.52. The topological polar surface area (TPSA) is 38.3 Å². The first-order chi connectivity index (χ1) is 11.6. The summed E-state index contributed by atoms with van der Waals surface area (Å²) >= 11 is 8.57. The first-order valence-corrected chi connectivity index (χ1v) is 10.3. The molecule has 0 radical (unpaired) electrons. The minimum absolute atomic E-state index is 0.103. The van der Waals surface area contributed by atoms with E-state index in [1.807, 2.05) is 42.5 Å². The third kappa shape index (κ3) is 4.63. The Kier molecular flexibility index (Phi) is 6.38. The van der Waals surface area contributed by atoms with E-state index in [1.54, 1.807) is 11.8 Å². The van der Waals surface area contributed by atoms with Crippen LogP contribution in [0.3, 0.4) is 0 Å². The number of nitrogens with one attached hydrogen (secondary N) is 1. The van der Waals surface area contributed by atoms with E-state index in [2.05, 4.69) is 37.2 Å². The van der Waals surface area contributed by atoms with E-state index in [4.69, 9.17) is 4.74 Å². The molecule has 0 spiro atoms. The minimum Gasteiger partial charge on any atom is -0.377 e. The van der Waals surface area contributed by atoms with Crippen molar-refractivity contribution < 1.29 is 9.53 Å². The lowest BCUT2D eigenvalue weighted by atomic mass is 10.2. The molecule has 0 aliphatic carbocycles. The van der Waals surface area contributed by atoms with E-state index >= 15 is 0 Å². The molecule has 1 fully saturated rings. The van der Waals surface area contributed by atoms with Gasteiger partial charge in [0, 0.05) is 26.2 Å². The number of amides is 1. The molecule has 1 saturated heterocycles. The molecular weight excluding hydrogens is 454 g/mol. The van der Waals surface area contributed by atoms with Gasteiger partial charge in [-0.15, -0.1) is 11.8 Å². The highest BCUT2D eigenvalue weighted by Gasteiger charge is 2.18. The fraction of sp³-hybridized carbons (Fsp3) is 0.278. The van der Waals surface area contributed by atoms with Crippen LogP contribution in [0.1, 0.15) is 23.2 Å². The molecule has 0 saturated carbocycles. The van der Waals surface area contributed by atoms with Crippen LogP contribution >= 0.6 is 43.6 Å². The van der Waals surface area contributed by atoms with Gasteiger partial charge in [-0.25, -0.2) is 0 Å². The van der Waals surface area contributed by atoms with Crippen molar-refractivity contribution in [3.8, 4) is 0 Å². The average Bonchev–Trinajstić information content (AvgIpc) is 3.09. The third-order valence-electron chi connectivity index (χ3n) is 3.76. The van der Waals surface area contributed by atoms with Crippen LogP contribution in [0.2, 0.25) is 0 Å². The Bertz CT molecular complexity index is 733. The van der Waals surface area contributed by atoms with E-state index in [0.717, 1.165) is 44.7 Å².